The third kappa shape index (κ3) is 3.89. The highest BCUT2D eigenvalue weighted by molar-refractivity contribution is 5.85. The van der Waals surface area contributed by atoms with Crippen LogP contribution in [0.15, 0.2) is 48.5 Å². The molecule has 0 saturated carbocycles. The second-order valence-corrected chi connectivity index (χ2v) is 6.15. The predicted molar refractivity (Wildman–Crippen MR) is 97.4 cm³/mol. The summed E-state index contributed by atoms with van der Waals surface area (Å²) in [4.78, 5) is 12.4. The second-order valence-electron chi connectivity index (χ2n) is 6.15. The number of nitrogens with one attached hydrogen (secondary N) is 2. The maximum absolute atomic E-state index is 12.4. The van der Waals surface area contributed by atoms with Gasteiger partial charge in [-0.3, -0.25) is 4.79 Å². The Morgan fingerprint density at radius 1 is 1.08 bits per heavy atom. The minimum Gasteiger partial charge on any atom is -0.486 e. The number of amides is 1. The summed E-state index contributed by atoms with van der Waals surface area (Å²) in [6.07, 6.45) is 0.548. The van der Waals surface area contributed by atoms with E-state index in [0.717, 1.165) is 18.0 Å². The summed E-state index contributed by atoms with van der Waals surface area (Å²) in [5.41, 5.74) is 2.50. The maximum Gasteiger partial charge on any atom is 0.237 e. The minimum absolute atomic E-state index is 0. The Morgan fingerprint density at radius 3 is 2.64 bits per heavy atom. The van der Waals surface area contributed by atoms with E-state index in [4.69, 9.17) is 9.47 Å². The van der Waals surface area contributed by atoms with E-state index in [1.807, 2.05) is 36.4 Å². The first kappa shape index (κ1) is 17.6. The summed E-state index contributed by atoms with van der Waals surface area (Å²) in [6, 6.07) is 15.6. The third-order valence-electron chi connectivity index (χ3n) is 4.47. The number of benzene rings is 2. The molecule has 2 aliphatic heterocycles. The highest BCUT2D eigenvalue weighted by Crippen LogP contribution is 2.30. The van der Waals surface area contributed by atoms with Crippen molar-refractivity contribution in [2.75, 3.05) is 13.2 Å². The molecular formula is C19H21ClN2O3. The summed E-state index contributed by atoms with van der Waals surface area (Å²) in [7, 11) is 0. The number of ether oxygens (including phenoxy) is 2. The van der Waals surface area contributed by atoms with Gasteiger partial charge in [0.1, 0.15) is 12.7 Å². The predicted octanol–water partition coefficient (Wildman–Crippen LogP) is 2.08. The summed E-state index contributed by atoms with van der Waals surface area (Å²) in [5, 5.41) is 6.27. The first-order chi connectivity index (χ1) is 11.8. The molecule has 2 unspecified atom stereocenters. The Balaban J connectivity index is 0.00000182. The fraction of sp³-hybridized carbons (Fsp3) is 0.316. The van der Waals surface area contributed by atoms with E-state index in [1.165, 1.54) is 11.1 Å². The fourth-order valence-electron chi connectivity index (χ4n) is 3.14. The van der Waals surface area contributed by atoms with Crippen molar-refractivity contribution in [2.24, 2.45) is 0 Å². The van der Waals surface area contributed by atoms with Gasteiger partial charge >= 0.3 is 0 Å². The van der Waals surface area contributed by atoms with Gasteiger partial charge in [-0.05, 0) is 29.7 Å². The lowest BCUT2D eigenvalue weighted by atomic mass is 9.95. The SMILES string of the molecule is Cl.O=C(NCC1COc2ccccc2O1)C1Cc2ccccc2CN1. The quantitative estimate of drug-likeness (QED) is 0.879. The van der Waals surface area contributed by atoms with Gasteiger partial charge in [0.2, 0.25) is 5.91 Å². The van der Waals surface area contributed by atoms with Crippen LogP contribution < -0.4 is 20.1 Å². The van der Waals surface area contributed by atoms with Crippen LogP contribution >= 0.6 is 12.4 Å². The van der Waals surface area contributed by atoms with Crippen LogP contribution in [-0.2, 0) is 17.8 Å². The first-order valence-corrected chi connectivity index (χ1v) is 8.26. The van der Waals surface area contributed by atoms with Gasteiger partial charge in [-0.25, -0.2) is 0 Å². The molecule has 2 aliphatic rings. The van der Waals surface area contributed by atoms with Gasteiger partial charge < -0.3 is 20.1 Å². The number of fused-ring (bicyclic) bond motifs is 2. The van der Waals surface area contributed by atoms with Crippen LogP contribution in [0.2, 0.25) is 0 Å². The topological polar surface area (TPSA) is 59.6 Å². The van der Waals surface area contributed by atoms with Crippen LogP contribution in [0.3, 0.4) is 0 Å². The molecule has 4 rings (SSSR count). The molecule has 2 heterocycles. The van der Waals surface area contributed by atoms with Crippen molar-refractivity contribution >= 4 is 18.3 Å². The van der Waals surface area contributed by atoms with Crippen LogP contribution in [0.5, 0.6) is 11.5 Å². The van der Waals surface area contributed by atoms with E-state index in [1.54, 1.807) is 0 Å². The van der Waals surface area contributed by atoms with Crippen molar-refractivity contribution in [1.82, 2.24) is 10.6 Å². The third-order valence-corrected chi connectivity index (χ3v) is 4.47. The minimum atomic E-state index is -0.198. The lowest BCUT2D eigenvalue weighted by molar-refractivity contribution is -0.123. The Morgan fingerprint density at radius 2 is 1.80 bits per heavy atom. The molecule has 2 N–H and O–H groups in total. The molecule has 132 valence electrons. The smallest absolute Gasteiger partial charge is 0.237 e. The summed E-state index contributed by atoms with van der Waals surface area (Å²) in [5.74, 6) is 1.49. The number of carbonyl (C=O) groups is 1. The zero-order chi connectivity index (χ0) is 16.4. The molecular weight excluding hydrogens is 340 g/mol. The molecule has 0 fully saturated rings. The van der Waals surface area contributed by atoms with Crippen LogP contribution in [0, 0.1) is 0 Å². The number of hydrogen-bond donors (Lipinski definition) is 2. The van der Waals surface area contributed by atoms with E-state index in [2.05, 4.69) is 22.8 Å². The van der Waals surface area contributed by atoms with Crippen LogP contribution in [-0.4, -0.2) is 31.2 Å². The number of para-hydroxylation sites is 2. The molecule has 0 saturated heterocycles. The lowest BCUT2D eigenvalue weighted by Gasteiger charge is -2.28. The van der Waals surface area contributed by atoms with Crippen molar-refractivity contribution in [3.63, 3.8) is 0 Å². The standard InChI is InChI=1S/C19H20N2O3.ClH/c22-19(16-9-13-5-1-2-6-14(13)10-20-16)21-11-15-12-23-17-7-3-4-8-18(17)24-15;/h1-8,15-16,20H,9-12H2,(H,21,22);1H. The maximum atomic E-state index is 12.4. The Kier molecular flexibility index (Phi) is 5.46. The molecule has 25 heavy (non-hydrogen) atoms. The number of rotatable bonds is 3. The lowest BCUT2D eigenvalue weighted by Crippen LogP contribution is -2.50. The molecule has 1 amide bonds. The summed E-state index contributed by atoms with van der Waals surface area (Å²) < 4.78 is 11.5. The second kappa shape index (κ2) is 7.76. The Labute approximate surface area is 153 Å². The van der Waals surface area contributed by atoms with Gasteiger partial charge in [-0.15, -0.1) is 12.4 Å². The molecule has 2 aromatic carbocycles. The molecule has 0 spiro atoms. The van der Waals surface area contributed by atoms with Crippen molar-refractivity contribution in [1.29, 1.82) is 0 Å². The summed E-state index contributed by atoms with van der Waals surface area (Å²) >= 11 is 0. The van der Waals surface area contributed by atoms with Gasteiger partial charge in [0.15, 0.2) is 11.5 Å². The number of hydrogen-bond acceptors (Lipinski definition) is 4. The van der Waals surface area contributed by atoms with E-state index in [9.17, 15) is 4.79 Å². The average Bonchev–Trinajstić information content (AvgIpc) is 2.65. The van der Waals surface area contributed by atoms with E-state index in [-0.39, 0.29) is 30.5 Å². The fourth-order valence-corrected chi connectivity index (χ4v) is 3.14. The van der Waals surface area contributed by atoms with E-state index >= 15 is 0 Å². The average molecular weight is 361 g/mol. The normalized spacial score (nSPS) is 20.8. The highest BCUT2D eigenvalue weighted by atomic mass is 35.5. The van der Waals surface area contributed by atoms with Crippen LogP contribution in [0.25, 0.3) is 0 Å². The summed E-state index contributed by atoms with van der Waals surface area (Å²) in [6.45, 7) is 1.61. The van der Waals surface area contributed by atoms with Crippen molar-refractivity contribution in [3.05, 3.63) is 59.7 Å². The number of halogens is 1. The van der Waals surface area contributed by atoms with Gasteiger partial charge in [0.05, 0.1) is 12.6 Å². The van der Waals surface area contributed by atoms with E-state index in [0.29, 0.717) is 19.6 Å². The molecule has 0 radical (unpaired) electrons. The van der Waals surface area contributed by atoms with Crippen LogP contribution in [0.1, 0.15) is 11.1 Å². The van der Waals surface area contributed by atoms with Gasteiger partial charge in [-0.1, -0.05) is 36.4 Å². The van der Waals surface area contributed by atoms with Gasteiger partial charge in [0, 0.05) is 6.54 Å². The Bertz CT molecular complexity index is 753. The van der Waals surface area contributed by atoms with Crippen molar-refractivity contribution in [2.45, 2.75) is 25.1 Å². The van der Waals surface area contributed by atoms with Crippen molar-refractivity contribution in [3.8, 4) is 11.5 Å². The molecule has 0 bridgehead atoms. The molecule has 0 aromatic heterocycles. The number of carbonyl (C=O) groups excluding carboxylic acids is 1. The zero-order valence-corrected chi connectivity index (χ0v) is 14.6. The molecule has 2 atom stereocenters. The molecule has 2 aromatic rings. The van der Waals surface area contributed by atoms with Gasteiger partial charge in [0.25, 0.3) is 0 Å². The molecule has 5 nitrogen and oxygen atoms in total. The monoisotopic (exact) mass is 360 g/mol. The first-order valence-electron chi connectivity index (χ1n) is 8.26. The zero-order valence-electron chi connectivity index (χ0n) is 13.7. The highest BCUT2D eigenvalue weighted by Gasteiger charge is 2.26. The Hall–Kier alpha value is -2.24. The van der Waals surface area contributed by atoms with Crippen molar-refractivity contribution < 1.29 is 14.3 Å². The molecule has 6 heteroatoms. The largest absolute Gasteiger partial charge is 0.486 e. The van der Waals surface area contributed by atoms with Crippen LogP contribution in [0.4, 0.5) is 0 Å². The van der Waals surface area contributed by atoms with Gasteiger partial charge in [-0.2, -0.15) is 0 Å². The van der Waals surface area contributed by atoms with E-state index < -0.39 is 0 Å². The molecule has 0 aliphatic carbocycles.